The minimum Gasteiger partial charge on any atom is -0.338 e. The van der Waals surface area contributed by atoms with Crippen LogP contribution in [0.4, 0.5) is 5.95 Å². The average molecular weight is 420 g/mol. The third kappa shape index (κ3) is 3.04. The summed E-state index contributed by atoms with van der Waals surface area (Å²) in [4.78, 5) is 41.2. The summed E-state index contributed by atoms with van der Waals surface area (Å²) in [6, 6.07) is 1.84. The zero-order valence-corrected chi connectivity index (χ0v) is 17.7. The number of anilines is 1. The first-order valence-corrected chi connectivity index (χ1v) is 11.7. The Kier molecular flexibility index (Phi) is 4.67. The van der Waals surface area contributed by atoms with E-state index < -0.39 is 0 Å². The van der Waals surface area contributed by atoms with Gasteiger partial charge in [-0.3, -0.25) is 19.4 Å². The van der Waals surface area contributed by atoms with Gasteiger partial charge in [-0.15, -0.1) is 0 Å². The second-order valence-electron chi connectivity index (χ2n) is 9.54. The Morgan fingerprint density at radius 1 is 0.742 bits per heavy atom. The molecule has 162 valence electrons. The third-order valence-electron chi connectivity index (χ3n) is 8.08. The number of carbonyl (C=O) groups excluding carboxylic acids is 2. The van der Waals surface area contributed by atoms with Crippen LogP contribution in [0.1, 0.15) is 12.8 Å². The molecule has 0 N–H and O–H groups in total. The van der Waals surface area contributed by atoms with Crippen LogP contribution in [0.3, 0.4) is 0 Å². The van der Waals surface area contributed by atoms with Gasteiger partial charge in [-0.2, -0.15) is 0 Å². The van der Waals surface area contributed by atoms with Crippen molar-refractivity contribution in [2.45, 2.75) is 12.8 Å². The van der Waals surface area contributed by atoms with Crippen molar-refractivity contribution in [1.29, 1.82) is 0 Å². The van der Waals surface area contributed by atoms with E-state index in [4.69, 9.17) is 0 Å². The Balaban J connectivity index is 0.985. The lowest BCUT2D eigenvalue weighted by atomic mass is 9.50. The van der Waals surface area contributed by atoms with E-state index in [-0.39, 0.29) is 35.5 Å². The highest BCUT2D eigenvalue weighted by molar-refractivity contribution is 6.06. The highest BCUT2D eigenvalue weighted by Crippen LogP contribution is 2.58. The molecule has 0 spiro atoms. The lowest BCUT2D eigenvalue weighted by molar-refractivity contribution is -0.140. The smallest absolute Gasteiger partial charge is 0.233 e. The number of rotatable bonds is 6. The monoisotopic (exact) mass is 419 g/mol. The Morgan fingerprint density at radius 3 is 1.87 bits per heavy atom. The molecule has 1 aromatic heterocycles. The summed E-state index contributed by atoms with van der Waals surface area (Å²) < 4.78 is 0. The summed E-state index contributed by atoms with van der Waals surface area (Å²) in [7, 11) is 0. The minimum absolute atomic E-state index is 0.0876. The first-order chi connectivity index (χ1) is 15.2. The van der Waals surface area contributed by atoms with Gasteiger partial charge in [0.15, 0.2) is 0 Å². The van der Waals surface area contributed by atoms with Crippen LogP contribution in [0.2, 0.25) is 0 Å². The minimum atomic E-state index is -0.109. The van der Waals surface area contributed by atoms with Gasteiger partial charge in [0.05, 0.1) is 11.8 Å². The van der Waals surface area contributed by atoms with Crippen LogP contribution in [0, 0.1) is 35.5 Å². The van der Waals surface area contributed by atoms with E-state index in [0.29, 0.717) is 18.4 Å². The number of nitrogens with zero attached hydrogens (tertiary/aromatic N) is 5. The molecule has 3 fully saturated rings. The van der Waals surface area contributed by atoms with Crippen LogP contribution >= 0.6 is 0 Å². The molecule has 2 saturated heterocycles. The molecule has 4 aliphatic carbocycles. The molecule has 1 saturated carbocycles. The van der Waals surface area contributed by atoms with Gasteiger partial charge in [0.2, 0.25) is 17.8 Å². The van der Waals surface area contributed by atoms with Crippen molar-refractivity contribution in [2.24, 2.45) is 35.5 Å². The first kappa shape index (κ1) is 19.2. The molecule has 31 heavy (non-hydrogen) atoms. The number of piperazine rings is 1. The second-order valence-corrected chi connectivity index (χ2v) is 9.54. The van der Waals surface area contributed by atoms with E-state index in [0.717, 1.165) is 51.5 Å². The molecule has 2 aliphatic heterocycles. The van der Waals surface area contributed by atoms with Crippen LogP contribution in [0.5, 0.6) is 0 Å². The summed E-state index contributed by atoms with van der Waals surface area (Å²) in [6.45, 7) is 5.44. The van der Waals surface area contributed by atoms with Gasteiger partial charge in [-0.05, 0) is 49.1 Å². The van der Waals surface area contributed by atoms with Crippen molar-refractivity contribution < 1.29 is 9.59 Å². The first-order valence-electron chi connectivity index (χ1n) is 11.7. The number of likely N-dealkylation sites (tertiary alicyclic amines) is 1. The Morgan fingerprint density at radius 2 is 1.29 bits per heavy atom. The number of hydrogen-bond donors (Lipinski definition) is 0. The van der Waals surface area contributed by atoms with Crippen molar-refractivity contribution in [3.05, 3.63) is 42.8 Å². The quantitative estimate of drug-likeness (QED) is 0.396. The van der Waals surface area contributed by atoms with Crippen LogP contribution in [0.15, 0.2) is 42.8 Å². The molecule has 1 aromatic rings. The van der Waals surface area contributed by atoms with Crippen molar-refractivity contribution >= 4 is 17.8 Å². The van der Waals surface area contributed by atoms with Crippen molar-refractivity contribution in [3.8, 4) is 0 Å². The molecular formula is C24H29N5O2. The summed E-state index contributed by atoms with van der Waals surface area (Å²) in [5, 5.41) is 0. The van der Waals surface area contributed by atoms with Crippen molar-refractivity contribution in [3.63, 3.8) is 0 Å². The van der Waals surface area contributed by atoms with E-state index in [1.807, 2.05) is 6.07 Å². The zero-order valence-electron chi connectivity index (χ0n) is 17.7. The van der Waals surface area contributed by atoms with Crippen LogP contribution in [-0.2, 0) is 9.59 Å². The Hall–Kier alpha value is -2.54. The lowest BCUT2D eigenvalue weighted by Crippen LogP contribution is -2.50. The van der Waals surface area contributed by atoms with E-state index in [1.54, 1.807) is 17.3 Å². The average Bonchev–Trinajstić information content (AvgIpc) is 3.04. The summed E-state index contributed by atoms with van der Waals surface area (Å²) >= 11 is 0. The largest absolute Gasteiger partial charge is 0.338 e. The Bertz CT molecular complexity index is 883. The van der Waals surface area contributed by atoms with Crippen LogP contribution < -0.4 is 4.90 Å². The molecule has 0 aromatic carbocycles. The molecule has 7 rings (SSSR count). The third-order valence-corrected chi connectivity index (χ3v) is 8.08. The predicted molar refractivity (Wildman–Crippen MR) is 116 cm³/mol. The standard InChI is InChI=1S/C24H29N5O2/c30-22-20-18-6-7-19(17-5-4-16(17)18)21(20)23(31)29(22)11-2-1-10-27-12-14-28(15-13-27)24-25-8-3-9-26-24/h3-9,16-21H,1-2,10-15H2/t16-,17+,18-,19-,20+,21-/m0/s1. The number of hydrogen-bond acceptors (Lipinski definition) is 6. The number of imide groups is 1. The fraction of sp³-hybridized carbons (Fsp3) is 0.583. The van der Waals surface area contributed by atoms with Gasteiger partial charge in [-0.1, -0.05) is 24.3 Å². The summed E-state index contributed by atoms with van der Waals surface area (Å²) in [5.74, 6) is 2.19. The van der Waals surface area contributed by atoms with Gasteiger partial charge in [0.1, 0.15) is 0 Å². The van der Waals surface area contributed by atoms with Gasteiger partial charge >= 0.3 is 0 Å². The molecule has 0 radical (unpaired) electrons. The van der Waals surface area contributed by atoms with Crippen molar-refractivity contribution in [2.75, 3.05) is 44.2 Å². The molecule has 7 nitrogen and oxygen atoms in total. The summed E-state index contributed by atoms with van der Waals surface area (Å²) in [5.41, 5.74) is 0. The maximum absolute atomic E-state index is 13.1. The molecular weight excluding hydrogens is 390 g/mol. The van der Waals surface area contributed by atoms with Gasteiger partial charge in [0, 0.05) is 45.1 Å². The SMILES string of the molecule is O=C1[C@@H]2[C@H]3C=C[C@@H]([C@@H]4C=C[C@@H]43)[C@@H]2C(=O)N1CCCCN1CCN(c2ncccn2)CC1. The Labute approximate surface area is 182 Å². The number of unbranched alkanes of at least 4 members (excludes halogenated alkanes) is 1. The fourth-order valence-electron chi connectivity index (χ4n) is 6.40. The van der Waals surface area contributed by atoms with E-state index >= 15 is 0 Å². The fourth-order valence-corrected chi connectivity index (χ4v) is 6.40. The van der Waals surface area contributed by atoms with E-state index in [9.17, 15) is 9.59 Å². The normalized spacial score (nSPS) is 36.0. The highest BCUT2D eigenvalue weighted by Gasteiger charge is 2.62. The zero-order chi connectivity index (χ0) is 20.9. The molecule has 6 atom stereocenters. The van der Waals surface area contributed by atoms with Gasteiger partial charge < -0.3 is 4.90 Å². The molecule has 0 unspecified atom stereocenters. The molecule has 3 heterocycles. The maximum Gasteiger partial charge on any atom is 0.233 e. The topological polar surface area (TPSA) is 69.6 Å². The van der Waals surface area contributed by atoms with Crippen LogP contribution in [0.25, 0.3) is 0 Å². The van der Waals surface area contributed by atoms with E-state index in [2.05, 4.69) is 44.1 Å². The molecule has 6 aliphatic rings. The maximum atomic E-state index is 13.1. The summed E-state index contributed by atoms with van der Waals surface area (Å²) in [6.07, 6.45) is 14.4. The number of amides is 2. The molecule has 2 bridgehead atoms. The lowest BCUT2D eigenvalue weighted by Gasteiger charge is -2.51. The highest BCUT2D eigenvalue weighted by atomic mass is 16.2. The predicted octanol–water partition coefficient (Wildman–Crippen LogP) is 1.60. The molecule has 7 heteroatoms. The van der Waals surface area contributed by atoms with Crippen LogP contribution in [-0.4, -0.2) is 70.9 Å². The van der Waals surface area contributed by atoms with Crippen molar-refractivity contribution in [1.82, 2.24) is 19.8 Å². The second kappa shape index (κ2) is 7.55. The number of allylic oxidation sites excluding steroid dienone is 4. The van der Waals surface area contributed by atoms with Gasteiger partial charge in [0.25, 0.3) is 0 Å². The molecule has 2 amide bonds. The number of aromatic nitrogens is 2. The van der Waals surface area contributed by atoms with Gasteiger partial charge in [-0.25, -0.2) is 9.97 Å². The van der Waals surface area contributed by atoms with E-state index in [1.165, 1.54) is 0 Å². The number of carbonyl (C=O) groups is 2.